The largest absolute Gasteiger partial charge is 0.152 e. The van der Waals surface area contributed by atoms with E-state index in [2.05, 4.69) is 41.1 Å². The second kappa shape index (κ2) is 4.64. The summed E-state index contributed by atoms with van der Waals surface area (Å²) in [7, 11) is 0. The molecule has 0 amide bonds. The first-order valence-corrected chi connectivity index (χ1v) is 8.45. The van der Waals surface area contributed by atoms with Crippen LogP contribution in [0.15, 0.2) is 41.1 Å². The molecular formula is C17H17ClS. The Morgan fingerprint density at radius 3 is 3.00 bits per heavy atom. The molecule has 0 N–H and O–H groups in total. The fourth-order valence-corrected chi connectivity index (χ4v) is 5.09. The smallest absolute Gasteiger partial charge is 0.0413 e. The third-order valence-electron chi connectivity index (χ3n) is 4.82. The number of alkyl halides is 1. The number of benzene rings is 1. The highest BCUT2D eigenvalue weighted by molar-refractivity contribution is 7.07. The molecule has 1 aromatic heterocycles. The molecule has 0 bridgehead atoms. The molecule has 0 radical (unpaired) electrons. The van der Waals surface area contributed by atoms with E-state index in [-0.39, 0.29) is 0 Å². The van der Waals surface area contributed by atoms with Crippen LogP contribution in [0.2, 0.25) is 0 Å². The Morgan fingerprint density at radius 2 is 2.16 bits per heavy atom. The molecule has 1 heterocycles. The van der Waals surface area contributed by atoms with E-state index in [9.17, 15) is 0 Å². The van der Waals surface area contributed by atoms with E-state index in [1.54, 1.807) is 22.5 Å². The molecule has 4 rings (SSSR count). The van der Waals surface area contributed by atoms with Gasteiger partial charge >= 0.3 is 0 Å². The van der Waals surface area contributed by atoms with Gasteiger partial charge in [0.15, 0.2) is 0 Å². The molecule has 2 aliphatic rings. The van der Waals surface area contributed by atoms with Crippen molar-refractivity contribution in [2.24, 2.45) is 11.8 Å². The molecule has 0 spiro atoms. The molecule has 4 unspecified atom stereocenters. The normalized spacial score (nSPS) is 29.4. The minimum Gasteiger partial charge on any atom is -0.152 e. The van der Waals surface area contributed by atoms with Gasteiger partial charge in [0.05, 0.1) is 0 Å². The van der Waals surface area contributed by atoms with Gasteiger partial charge in [0.1, 0.15) is 0 Å². The lowest BCUT2D eigenvalue weighted by Gasteiger charge is -2.13. The molecule has 98 valence electrons. The highest BCUT2D eigenvalue weighted by Gasteiger charge is 2.55. The molecule has 1 aromatic carbocycles. The summed E-state index contributed by atoms with van der Waals surface area (Å²) in [6, 6.07) is 11.2. The first-order chi connectivity index (χ1) is 9.34. The Labute approximate surface area is 123 Å². The topological polar surface area (TPSA) is 0 Å². The first kappa shape index (κ1) is 12.0. The zero-order valence-corrected chi connectivity index (χ0v) is 12.3. The van der Waals surface area contributed by atoms with E-state index in [4.69, 9.17) is 11.6 Å². The summed E-state index contributed by atoms with van der Waals surface area (Å²) in [6.07, 6.45) is 3.61. The van der Waals surface area contributed by atoms with Gasteiger partial charge in [-0.3, -0.25) is 0 Å². The van der Waals surface area contributed by atoms with Gasteiger partial charge in [0.2, 0.25) is 0 Å². The maximum Gasteiger partial charge on any atom is 0.0413 e. The summed E-state index contributed by atoms with van der Waals surface area (Å²) in [6.45, 7) is 0. The van der Waals surface area contributed by atoms with Crippen molar-refractivity contribution >= 4 is 22.9 Å². The van der Waals surface area contributed by atoms with Crippen molar-refractivity contribution in [3.63, 3.8) is 0 Å². The highest BCUT2D eigenvalue weighted by Crippen LogP contribution is 2.62. The fourth-order valence-electron chi connectivity index (χ4n) is 3.88. The summed E-state index contributed by atoms with van der Waals surface area (Å²) in [5.41, 5.74) is 4.55. The Kier molecular flexibility index (Phi) is 2.93. The maximum atomic E-state index is 6.72. The van der Waals surface area contributed by atoms with Crippen molar-refractivity contribution in [3.8, 4) is 0 Å². The molecule has 1 saturated carbocycles. The summed E-state index contributed by atoms with van der Waals surface area (Å²) in [5, 5.41) is 4.68. The van der Waals surface area contributed by atoms with Crippen molar-refractivity contribution in [1.29, 1.82) is 0 Å². The highest BCUT2D eigenvalue weighted by atomic mass is 35.5. The van der Waals surface area contributed by atoms with Gasteiger partial charge in [0, 0.05) is 5.38 Å². The summed E-state index contributed by atoms with van der Waals surface area (Å²) in [4.78, 5) is 0. The van der Waals surface area contributed by atoms with E-state index in [0.29, 0.717) is 11.3 Å². The zero-order valence-electron chi connectivity index (χ0n) is 10.8. The monoisotopic (exact) mass is 288 g/mol. The van der Waals surface area contributed by atoms with Crippen molar-refractivity contribution in [1.82, 2.24) is 0 Å². The van der Waals surface area contributed by atoms with Crippen LogP contribution in [-0.4, -0.2) is 5.38 Å². The van der Waals surface area contributed by atoms with Crippen LogP contribution in [0.5, 0.6) is 0 Å². The Balaban J connectivity index is 1.54. The number of fused-ring (bicyclic) bond motifs is 3. The van der Waals surface area contributed by atoms with Gasteiger partial charge in [-0.1, -0.05) is 24.3 Å². The first-order valence-electron chi connectivity index (χ1n) is 7.07. The lowest BCUT2D eigenvalue weighted by Crippen LogP contribution is -2.07. The third kappa shape index (κ3) is 2.04. The number of hydrogen-bond acceptors (Lipinski definition) is 1. The lowest BCUT2D eigenvalue weighted by molar-refractivity contribution is 0.610. The van der Waals surface area contributed by atoms with Gasteiger partial charge in [-0.15, -0.1) is 11.6 Å². The Bertz CT molecular complexity index is 575. The molecule has 2 aliphatic carbocycles. The molecule has 0 aliphatic heterocycles. The van der Waals surface area contributed by atoms with Crippen LogP contribution < -0.4 is 0 Å². The maximum absolute atomic E-state index is 6.72. The summed E-state index contributed by atoms with van der Waals surface area (Å²) >= 11 is 8.48. The summed E-state index contributed by atoms with van der Waals surface area (Å²) < 4.78 is 0. The van der Waals surface area contributed by atoms with Crippen LogP contribution in [-0.2, 0) is 12.8 Å². The van der Waals surface area contributed by atoms with Gasteiger partial charge in [-0.25, -0.2) is 0 Å². The Morgan fingerprint density at radius 1 is 1.26 bits per heavy atom. The average molecular weight is 289 g/mol. The molecular weight excluding hydrogens is 272 g/mol. The molecule has 0 saturated heterocycles. The van der Waals surface area contributed by atoms with Gasteiger partial charge in [0.25, 0.3) is 0 Å². The second-order valence-corrected chi connectivity index (χ2v) is 7.20. The number of aryl methyl sites for hydroxylation is 1. The standard InChI is InChI=1S/C17H17ClS/c18-15(9-11-7-8-19-10-11)17-14-6-5-12-3-1-2-4-13(12)16(14)17/h1-4,7-8,10,14-17H,5-6,9H2. The number of hydrogen-bond donors (Lipinski definition) is 0. The van der Waals surface area contributed by atoms with Crippen LogP contribution in [0.4, 0.5) is 0 Å². The van der Waals surface area contributed by atoms with E-state index in [0.717, 1.165) is 18.3 Å². The van der Waals surface area contributed by atoms with Crippen molar-refractivity contribution in [2.75, 3.05) is 0 Å². The van der Waals surface area contributed by atoms with Crippen LogP contribution in [0.1, 0.15) is 29.0 Å². The summed E-state index contributed by atoms with van der Waals surface area (Å²) in [5.74, 6) is 2.28. The average Bonchev–Trinajstić information content (AvgIpc) is 2.98. The van der Waals surface area contributed by atoms with Crippen LogP contribution in [0.3, 0.4) is 0 Å². The lowest BCUT2D eigenvalue weighted by atomic mass is 9.92. The molecule has 2 heteroatoms. The molecule has 2 aromatic rings. The Hall–Kier alpha value is -0.790. The van der Waals surface area contributed by atoms with Gasteiger partial charge < -0.3 is 0 Å². The van der Waals surface area contributed by atoms with Crippen LogP contribution in [0, 0.1) is 11.8 Å². The number of halogens is 1. The second-order valence-electron chi connectivity index (χ2n) is 5.86. The predicted octanol–water partition coefficient (Wildman–Crippen LogP) is 4.87. The van der Waals surface area contributed by atoms with Crippen molar-refractivity contribution in [3.05, 3.63) is 57.8 Å². The molecule has 1 fully saturated rings. The van der Waals surface area contributed by atoms with E-state index >= 15 is 0 Å². The van der Waals surface area contributed by atoms with E-state index in [1.807, 2.05) is 0 Å². The van der Waals surface area contributed by atoms with Gasteiger partial charge in [-0.05, 0) is 70.5 Å². The van der Waals surface area contributed by atoms with Crippen molar-refractivity contribution in [2.45, 2.75) is 30.6 Å². The van der Waals surface area contributed by atoms with Crippen LogP contribution in [0.25, 0.3) is 0 Å². The van der Waals surface area contributed by atoms with Crippen LogP contribution >= 0.6 is 22.9 Å². The molecule has 4 atom stereocenters. The fraction of sp³-hybridized carbons (Fsp3) is 0.412. The van der Waals surface area contributed by atoms with Crippen molar-refractivity contribution < 1.29 is 0 Å². The number of rotatable bonds is 3. The minimum absolute atomic E-state index is 0.302. The van der Waals surface area contributed by atoms with E-state index < -0.39 is 0 Å². The third-order valence-corrected chi connectivity index (χ3v) is 6.00. The molecule has 19 heavy (non-hydrogen) atoms. The zero-order chi connectivity index (χ0) is 12.8. The predicted molar refractivity (Wildman–Crippen MR) is 82.1 cm³/mol. The SMILES string of the molecule is ClC(Cc1ccsc1)C1C2CCc3ccccc3C21. The minimum atomic E-state index is 0.302. The quantitative estimate of drug-likeness (QED) is 0.707. The molecule has 0 nitrogen and oxygen atoms in total. The number of thiophene rings is 1. The van der Waals surface area contributed by atoms with E-state index in [1.165, 1.54) is 18.4 Å². The van der Waals surface area contributed by atoms with Gasteiger partial charge in [-0.2, -0.15) is 11.3 Å².